The number of hydrogen-bond acceptors (Lipinski definition) is 3. The van der Waals surface area contributed by atoms with E-state index in [1.54, 1.807) is 0 Å². The molecule has 0 aromatic carbocycles. The van der Waals surface area contributed by atoms with Gasteiger partial charge in [0, 0.05) is 31.7 Å². The van der Waals surface area contributed by atoms with Crippen LogP contribution in [0.3, 0.4) is 0 Å². The summed E-state index contributed by atoms with van der Waals surface area (Å²) in [5.74, 6) is 0. The predicted octanol–water partition coefficient (Wildman–Crippen LogP) is 0.631. The molecule has 2 N–H and O–H groups in total. The van der Waals surface area contributed by atoms with Gasteiger partial charge in [0.15, 0.2) is 0 Å². The number of aliphatic hydroxyl groups excluding tert-OH is 1. The van der Waals surface area contributed by atoms with Crippen LogP contribution >= 0.6 is 0 Å². The van der Waals surface area contributed by atoms with Crippen molar-refractivity contribution in [3.63, 3.8) is 0 Å². The fourth-order valence-electron chi connectivity index (χ4n) is 0.771. The van der Waals surface area contributed by atoms with Crippen molar-refractivity contribution in [2.24, 2.45) is 5.41 Å². The van der Waals surface area contributed by atoms with Crippen LogP contribution in [0, 0.1) is 5.41 Å². The summed E-state index contributed by atoms with van der Waals surface area (Å²) < 4.78 is 5.16. The van der Waals surface area contributed by atoms with E-state index in [0.29, 0.717) is 0 Å². The van der Waals surface area contributed by atoms with Gasteiger partial charge in [-0.05, 0) is 6.92 Å². The second-order valence-corrected chi connectivity index (χ2v) is 3.70. The summed E-state index contributed by atoms with van der Waals surface area (Å²) in [5.41, 5.74) is -0.0216. The van der Waals surface area contributed by atoms with E-state index in [-0.39, 0.29) is 12.0 Å². The molecule has 0 atom stereocenters. The zero-order valence-electron chi connectivity index (χ0n) is 8.39. The lowest BCUT2D eigenvalue weighted by atomic mass is 9.95. The van der Waals surface area contributed by atoms with Gasteiger partial charge in [-0.3, -0.25) is 0 Å². The van der Waals surface area contributed by atoms with Crippen molar-refractivity contribution in [3.8, 4) is 0 Å². The summed E-state index contributed by atoms with van der Waals surface area (Å²) in [4.78, 5) is 0. The van der Waals surface area contributed by atoms with E-state index in [1.165, 1.54) is 0 Å². The average molecular weight is 175 g/mol. The monoisotopic (exact) mass is 175 g/mol. The Morgan fingerprint density at radius 3 is 2.58 bits per heavy atom. The standard InChI is InChI=1S/C9H21NO2/c1-4-12-6-5-10-7-9(2,3)8-11/h10-11H,4-8H2,1-3H3. The lowest BCUT2D eigenvalue weighted by Gasteiger charge is -2.21. The van der Waals surface area contributed by atoms with Crippen LogP contribution in [-0.4, -0.2) is 38.0 Å². The molecule has 0 heterocycles. The molecule has 0 aromatic rings. The zero-order chi connectivity index (χ0) is 9.45. The first-order valence-corrected chi connectivity index (χ1v) is 4.51. The van der Waals surface area contributed by atoms with Gasteiger partial charge in [-0.2, -0.15) is 0 Å². The van der Waals surface area contributed by atoms with Crippen LogP contribution in [0.25, 0.3) is 0 Å². The zero-order valence-corrected chi connectivity index (χ0v) is 8.39. The third-order valence-electron chi connectivity index (χ3n) is 1.66. The molecule has 0 unspecified atom stereocenters. The first-order chi connectivity index (χ1) is 5.62. The Labute approximate surface area is 75.1 Å². The second-order valence-electron chi connectivity index (χ2n) is 3.70. The van der Waals surface area contributed by atoms with Crippen molar-refractivity contribution in [1.82, 2.24) is 5.32 Å². The fourth-order valence-corrected chi connectivity index (χ4v) is 0.771. The van der Waals surface area contributed by atoms with Crippen molar-refractivity contribution in [1.29, 1.82) is 0 Å². The highest BCUT2D eigenvalue weighted by Crippen LogP contribution is 2.10. The van der Waals surface area contributed by atoms with Crippen LogP contribution in [0.1, 0.15) is 20.8 Å². The number of nitrogens with one attached hydrogen (secondary N) is 1. The van der Waals surface area contributed by atoms with Gasteiger partial charge >= 0.3 is 0 Å². The van der Waals surface area contributed by atoms with E-state index >= 15 is 0 Å². The van der Waals surface area contributed by atoms with E-state index in [4.69, 9.17) is 9.84 Å². The number of rotatable bonds is 7. The maximum atomic E-state index is 8.93. The summed E-state index contributed by atoms with van der Waals surface area (Å²) in [6, 6.07) is 0. The lowest BCUT2D eigenvalue weighted by Crippen LogP contribution is -2.34. The minimum absolute atomic E-state index is 0.0216. The van der Waals surface area contributed by atoms with Crippen LogP contribution in [0.4, 0.5) is 0 Å². The molecule has 3 nitrogen and oxygen atoms in total. The average Bonchev–Trinajstić information content (AvgIpc) is 2.04. The summed E-state index contributed by atoms with van der Waals surface area (Å²) >= 11 is 0. The molecule has 0 fully saturated rings. The van der Waals surface area contributed by atoms with Gasteiger partial charge in [0.1, 0.15) is 0 Å². The molecule has 0 bridgehead atoms. The summed E-state index contributed by atoms with van der Waals surface area (Å²) in [6.45, 7) is 9.46. The van der Waals surface area contributed by atoms with Crippen molar-refractivity contribution in [3.05, 3.63) is 0 Å². The Morgan fingerprint density at radius 2 is 2.08 bits per heavy atom. The molecule has 0 saturated carbocycles. The molecule has 0 radical (unpaired) electrons. The maximum absolute atomic E-state index is 8.93. The Balaban J connectivity index is 3.19. The van der Waals surface area contributed by atoms with Crippen molar-refractivity contribution < 1.29 is 9.84 Å². The van der Waals surface area contributed by atoms with E-state index in [1.807, 2.05) is 20.8 Å². The Kier molecular flexibility index (Phi) is 6.34. The predicted molar refractivity (Wildman–Crippen MR) is 50.2 cm³/mol. The van der Waals surface area contributed by atoms with E-state index < -0.39 is 0 Å². The van der Waals surface area contributed by atoms with Crippen LogP contribution in [0.15, 0.2) is 0 Å². The molecule has 0 saturated heterocycles. The van der Waals surface area contributed by atoms with E-state index in [2.05, 4.69) is 5.32 Å². The first-order valence-electron chi connectivity index (χ1n) is 4.51. The Morgan fingerprint density at radius 1 is 1.42 bits per heavy atom. The van der Waals surface area contributed by atoms with Gasteiger partial charge in [-0.15, -0.1) is 0 Å². The van der Waals surface area contributed by atoms with Gasteiger partial charge in [0.2, 0.25) is 0 Å². The fraction of sp³-hybridized carbons (Fsp3) is 1.00. The largest absolute Gasteiger partial charge is 0.396 e. The van der Waals surface area contributed by atoms with Crippen LogP contribution in [0.2, 0.25) is 0 Å². The summed E-state index contributed by atoms with van der Waals surface area (Å²) in [6.07, 6.45) is 0. The molecule has 12 heavy (non-hydrogen) atoms. The highest BCUT2D eigenvalue weighted by Gasteiger charge is 2.14. The quantitative estimate of drug-likeness (QED) is 0.558. The van der Waals surface area contributed by atoms with Gasteiger partial charge < -0.3 is 15.2 Å². The molecule has 0 aliphatic heterocycles. The first kappa shape index (κ1) is 11.9. The Hall–Kier alpha value is -0.120. The number of ether oxygens (including phenoxy) is 1. The topological polar surface area (TPSA) is 41.5 Å². The molecule has 0 aliphatic carbocycles. The van der Waals surface area contributed by atoms with Gasteiger partial charge in [-0.25, -0.2) is 0 Å². The summed E-state index contributed by atoms with van der Waals surface area (Å²) in [5, 5.41) is 12.2. The van der Waals surface area contributed by atoms with Crippen molar-refractivity contribution in [2.75, 3.05) is 32.9 Å². The third-order valence-corrected chi connectivity index (χ3v) is 1.66. The highest BCUT2D eigenvalue weighted by atomic mass is 16.5. The van der Waals surface area contributed by atoms with Gasteiger partial charge in [0.05, 0.1) is 6.61 Å². The molecule has 0 amide bonds. The minimum atomic E-state index is -0.0216. The van der Waals surface area contributed by atoms with Crippen LogP contribution in [-0.2, 0) is 4.74 Å². The molecule has 3 heteroatoms. The molecular weight excluding hydrogens is 154 g/mol. The third kappa shape index (κ3) is 6.58. The van der Waals surface area contributed by atoms with Crippen LogP contribution < -0.4 is 5.32 Å². The molecule has 0 rings (SSSR count). The molecule has 74 valence electrons. The number of hydrogen-bond donors (Lipinski definition) is 2. The van der Waals surface area contributed by atoms with Gasteiger partial charge in [0.25, 0.3) is 0 Å². The van der Waals surface area contributed by atoms with Crippen molar-refractivity contribution >= 4 is 0 Å². The molecular formula is C9H21NO2. The van der Waals surface area contributed by atoms with Crippen molar-refractivity contribution in [2.45, 2.75) is 20.8 Å². The highest BCUT2D eigenvalue weighted by molar-refractivity contribution is 4.69. The normalized spacial score (nSPS) is 12.0. The number of aliphatic hydroxyl groups is 1. The van der Waals surface area contributed by atoms with Crippen LogP contribution in [0.5, 0.6) is 0 Å². The minimum Gasteiger partial charge on any atom is -0.396 e. The second kappa shape index (κ2) is 6.40. The summed E-state index contributed by atoms with van der Waals surface area (Å²) in [7, 11) is 0. The lowest BCUT2D eigenvalue weighted by molar-refractivity contribution is 0.133. The van der Waals surface area contributed by atoms with E-state index in [9.17, 15) is 0 Å². The Bertz CT molecular complexity index is 105. The molecule has 0 spiro atoms. The smallest absolute Gasteiger partial charge is 0.0590 e. The maximum Gasteiger partial charge on any atom is 0.0590 e. The molecule has 0 aliphatic rings. The SMILES string of the molecule is CCOCCNCC(C)(C)CO. The van der Waals surface area contributed by atoms with Gasteiger partial charge in [-0.1, -0.05) is 13.8 Å². The molecule has 0 aromatic heterocycles. The van der Waals surface area contributed by atoms with E-state index in [0.717, 1.165) is 26.3 Å².